The first-order valence-electron chi connectivity index (χ1n) is 14.1. The number of carbonyl (C=O) groups is 1. The van der Waals surface area contributed by atoms with E-state index >= 15 is 0 Å². The molecule has 1 aliphatic heterocycles. The van der Waals surface area contributed by atoms with Crippen molar-refractivity contribution in [3.63, 3.8) is 0 Å². The maximum absolute atomic E-state index is 15.0. The highest BCUT2D eigenvalue weighted by Crippen LogP contribution is 2.28. The predicted octanol–water partition coefficient (Wildman–Crippen LogP) is 5.98. The van der Waals surface area contributed by atoms with Crippen molar-refractivity contribution in [1.29, 1.82) is 0 Å². The number of unbranched alkanes of at least 4 members (excludes halogenated alkanes) is 1. The first kappa shape index (κ1) is 31.1. The lowest BCUT2D eigenvalue weighted by atomic mass is 10.0. The molecule has 1 saturated heterocycles. The van der Waals surface area contributed by atoms with Gasteiger partial charge in [-0.15, -0.1) is 0 Å². The van der Waals surface area contributed by atoms with Gasteiger partial charge in [0, 0.05) is 37.9 Å². The number of halogens is 1. The lowest BCUT2D eigenvalue weighted by Crippen LogP contribution is -2.49. The minimum Gasteiger partial charge on any atom is -0.494 e. The molecule has 42 heavy (non-hydrogen) atoms. The van der Waals surface area contributed by atoms with Gasteiger partial charge in [-0.05, 0) is 73.4 Å². The number of methoxy groups -OCH3 is 1. The van der Waals surface area contributed by atoms with Crippen LogP contribution in [0.5, 0.6) is 17.2 Å². The molecule has 2 amide bonds. The van der Waals surface area contributed by atoms with Gasteiger partial charge in [-0.1, -0.05) is 31.5 Å². The number of hydrogen-bond acceptors (Lipinski definition) is 6. The summed E-state index contributed by atoms with van der Waals surface area (Å²) in [6.07, 6.45) is 4.37. The molecule has 0 aliphatic carbocycles. The van der Waals surface area contributed by atoms with E-state index in [9.17, 15) is 17.6 Å². The number of amides is 2. The Bertz CT molecular complexity index is 1430. The molecule has 4 rings (SSSR count). The molecule has 0 radical (unpaired) electrons. The number of nitrogens with zero attached hydrogens (tertiary/aromatic N) is 2. The monoisotopic (exact) mass is 598 g/mol. The Morgan fingerprint density at radius 2 is 1.67 bits per heavy atom. The number of likely N-dealkylation sites (tertiary alicyclic amines) is 1. The molecule has 0 unspecified atom stereocenters. The molecule has 1 fully saturated rings. The maximum Gasteiger partial charge on any atom is 0.322 e. The number of carbonyl (C=O) groups excluding carboxylic acids is 1. The van der Waals surface area contributed by atoms with Crippen LogP contribution in [0.25, 0.3) is 0 Å². The molecule has 226 valence electrons. The van der Waals surface area contributed by atoms with Crippen molar-refractivity contribution in [2.75, 3.05) is 42.6 Å². The fourth-order valence-electron chi connectivity index (χ4n) is 4.86. The second kappa shape index (κ2) is 14.4. The predicted molar refractivity (Wildman–Crippen MR) is 163 cm³/mol. The highest BCUT2D eigenvalue weighted by Gasteiger charge is 2.26. The molecule has 0 saturated carbocycles. The Hall–Kier alpha value is -3.83. The van der Waals surface area contributed by atoms with Crippen molar-refractivity contribution in [2.24, 2.45) is 0 Å². The topological polar surface area (TPSA) is 100 Å². The van der Waals surface area contributed by atoms with Crippen LogP contribution in [0, 0.1) is 5.82 Å². The van der Waals surface area contributed by atoms with Crippen LogP contribution in [0.15, 0.2) is 66.7 Å². The van der Waals surface area contributed by atoms with E-state index in [1.807, 2.05) is 31.2 Å². The molecular weight excluding hydrogens is 559 g/mol. The van der Waals surface area contributed by atoms with E-state index < -0.39 is 15.8 Å². The van der Waals surface area contributed by atoms with Crippen molar-refractivity contribution in [3.8, 4) is 17.2 Å². The average Bonchev–Trinajstić information content (AvgIpc) is 2.96. The number of anilines is 2. The van der Waals surface area contributed by atoms with Crippen molar-refractivity contribution < 1.29 is 27.1 Å². The highest BCUT2D eigenvalue weighted by atomic mass is 32.2. The largest absolute Gasteiger partial charge is 0.494 e. The minimum absolute atomic E-state index is 0.0151. The van der Waals surface area contributed by atoms with Crippen LogP contribution >= 0.6 is 0 Å². The van der Waals surface area contributed by atoms with E-state index in [4.69, 9.17) is 9.47 Å². The summed E-state index contributed by atoms with van der Waals surface area (Å²) < 4.78 is 51.1. The van der Waals surface area contributed by atoms with E-state index in [-0.39, 0.29) is 23.5 Å². The fraction of sp³-hybridized carbons (Fsp3) is 0.387. The van der Waals surface area contributed by atoms with Gasteiger partial charge < -0.3 is 14.8 Å². The van der Waals surface area contributed by atoms with E-state index in [0.717, 1.165) is 57.1 Å². The van der Waals surface area contributed by atoms with Gasteiger partial charge in [-0.3, -0.25) is 14.5 Å². The quantitative estimate of drug-likeness (QED) is 0.266. The van der Waals surface area contributed by atoms with Gasteiger partial charge in [0.25, 0.3) is 0 Å². The van der Waals surface area contributed by atoms with Gasteiger partial charge in [0.15, 0.2) is 11.6 Å². The SMILES string of the molecule is CCCCN(C(=O)NC1CCN(Cc2ccc(Oc3ccc(NS(C)(=O)=O)cc3)cc2)CC1)c1cccc(OC)c1F. The van der Waals surface area contributed by atoms with Gasteiger partial charge in [0.05, 0.1) is 19.1 Å². The number of piperidine rings is 1. The van der Waals surface area contributed by atoms with Crippen LogP contribution in [0.1, 0.15) is 38.2 Å². The van der Waals surface area contributed by atoms with Crippen molar-refractivity contribution in [3.05, 3.63) is 78.1 Å². The number of rotatable bonds is 12. The molecule has 3 aromatic rings. The first-order valence-corrected chi connectivity index (χ1v) is 16.0. The van der Waals surface area contributed by atoms with Gasteiger partial charge in [0.2, 0.25) is 10.0 Å². The zero-order valence-electron chi connectivity index (χ0n) is 24.3. The van der Waals surface area contributed by atoms with Crippen LogP contribution < -0.4 is 24.4 Å². The summed E-state index contributed by atoms with van der Waals surface area (Å²) in [5, 5.41) is 3.12. The van der Waals surface area contributed by atoms with E-state index in [0.29, 0.717) is 23.7 Å². The Labute approximate surface area is 247 Å². The normalized spacial score (nSPS) is 14.3. The van der Waals surface area contributed by atoms with Gasteiger partial charge in [-0.25, -0.2) is 17.6 Å². The summed E-state index contributed by atoms with van der Waals surface area (Å²) in [4.78, 5) is 17.1. The molecule has 1 heterocycles. The number of nitrogens with one attached hydrogen (secondary N) is 2. The third-order valence-corrected chi connectivity index (χ3v) is 7.68. The standard InChI is InChI=1S/C31H39FN4O5S/c1-4-5-19-36(28-7-6-8-29(40-2)30(28)32)31(37)33-24-17-20-35(21-18-24)22-23-9-13-26(14-10-23)41-27-15-11-25(12-16-27)34-42(3,38)39/h6-16,24,34H,4-5,17-22H2,1-3H3,(H,33,37). The first-order chi connectivity index (χ1) is 20.1. The second-order valence-corrected chi connectivity index (χ2v) is 12.2. The summed E-state index contributed by atoms with van der Waals surface area (Å²) in [5.74, 6) is 0.877. The van der Waals surface area contributed by atoms with Gasteiger partial charge in [-0.2, -0.15) is 0 Å². The van der Waals surface area contributed by atoms with Crippen LogP contribution in [0.4, 0.5) is 20.6 Å². The van der Waals surface area contributed by atoms with Crippen LogP contribution in [-0.2, 0) is 16.6 Å². The van der Waals surface area contributed by atoms with Gasteiger partial charge >= 0.3 is 6.03 Å². The number of urea groups is 1. The maximum atomic E-state index is 15.0. The highest BCUT2D eigenvalue weighted by molar-refractivity contribution is 7.92. The summed E-state index contributed by atoms with van der Waals surface area (Å²) in [7, 11) is -1.91. The Balaban J connectivity index is 1.27. The van der Waals surface area contributed by atoms with E-state index in [1.165, 1.54) is 12.0 Å². The number of benzene rings is 3. The third-order valence-electron chi connectivity index (χ3n) is 7.07. The molecule has 0 spiro atoms. The molecular formula is C31H39FN4O5S. The fourth-order valence-corrected chi connectivity index (χ4v) is 5.43. The molecule has 2 N–H and O–H groups in total. The molecule has 0 aromatic heterocycles. The summed E-state index contributed by atoms with van der Waals surface area (Å²) in [5.41, 5.74) is 1.85. The van der Waals surface area contributed by atoms with E-state index in [1.54, 1.807) is 42.5 Å². The van der Waals surface area contributed by atoms with Crippen molar-refractivity contribution >= 4 is 27.4 Å². The number of hydrogen-bond donors (Lipinski definition) is 2. The number of ether oxygens (including phenoxy) is 2. The summed E-state index contributed by atoms with van der Waals surface area (Å²) in [6.45, 7) is 4.91. The average molecular weight is 599 g/mol. The Morgan fingerprint density at radius 3 is 2.26 bits per heavy atom. The van der Waals surface area contributed by atoms with Crippen molar-refractivity contribution in [2.45, 2.75) is 45.2 Å². The smallest absolute Gasteiger partial charge is 0.322 e. The van der Waals surface area contributed by atoms with Gasteiger partial charge in [0.1, 0.15) is 11.5 Å². The molecule has 3 aromatic carbocycles. The zero-order valence-corrected chi connectivity index (χ0v) is 25.1. The second-order valence-electron chi connectivity index (χ2n) is 10.4. The van der Waals surface area contributed by atoms with E-state index in [2.05, 4.69) is 14.9 Å². The number of sulfonamides is 1. The summed E-state index contributed by atoms with van der Waals surface area (Å²) >= 11 is 0. The lowest BCUT2D eigenvalue weighted by Gasteiger charge is -2.34. The van der Waals surface area contributed by atoms with Crippen LogP contribution in [0.2, 0.25) is 0 Å². The zero-order chi connectivity index (χ0) is 30.1. The molecule has 1 aliphatic rings. The third kappa shape index (κ3) is 8.83. The summed E-state index contributed by atoms with van der Waals surface area (Å²) in [6, 6.07) is 19.2. The Kier molecular flexibility index (Phi) is 10.6. The van der Waals surface area contributed by atoms with Crippen LogP contribution in [0.3, 0.4) is 0 Å². The molecule has 0 bridgehead atoms. The molecule has 0 atom stereocenters. The Morgan fingerprint density at radius 1 is 1.02 bits per heavy atom. The lowest BCUT2D eigenvalue weighted by molar-refractivity contribution is 0.188. The van der Waals surface area contributed by atoms with Crippen molar-refractivity contribution in [1.82, 2.24) is 10.2 Å². The minimum atomic E-state index is -3.33. The molecule has 9 nitrogen and oxygen atoms in total. The van der Waals surface area contributed by atoms with Crippen LogP contribution in [-0.4, -0.2) is 58.4 Å². The molecule has 11 heteroatoms.